The van der Waals surface area contributed by atoms with Gasteiger partial charge in [0.1, 0.15) is 0 Å². The van der Waals surface area contributed by atoms with Crippen LogP contribution in [0.2, 0.25) is 5.02 Å². The minimum atomic E-state index is -3.63. The normalized spacial score (nSPS) is 11.4. The number of halogens is 1. The molecule has 1 aromatic heterocycles. The predicted octanol–water partition coefficient (Wildman–Crippen LogP) is 2.21. The molecule has 4 N–H and O–H groups in total. The maximum atomic E-state index is 12.1. The van der Waals surface area contributed by atoms with E-state index in [-0.39, 0.29) is 23.9 Å². The second-order valence-electron chi connectivity index (χ2n) is 4.99. The summed E-state index contributed by atoms with van der Waals surface area (Å²) in [4.78, 5) is 13.1. The van der Waals surface area contributed by atoms with Crippen LogP contribution in [0.25, 0.3) is 0 Å². The van der Waals surface area contributed by atoms with Crippen LogP contribution < -0.4 is 15.8 Å². The van der Waals surface area contributed by atoms with Crippen LogP contribution in [0.15, 0.2) is 40.6 Å². The number of anilines is 1. The number of thiophene rings is 1. The molecule has 0 aliphatic carbocycles. The number of aryl methyl sites for hydroxylation is 1. The first-order chi connectivity index (χ1) is 11.4. The van der Waals surface area contributed by atoms with Crippen molar-refractivity contribution in [2.24, 2.45) is 5.73 Å². The average molecular weight is 388 g/mol. The molecule has 2 aromatic rings. The van der Waals surface area contributed by atoms with Gasteiger partial charge in [0.05, 0.1) is 9.92 Å². The van der Waals surface area contributed by atoms with Gasteiger partial charge in [-0.1, -0.05) is 17.7 Å². The molecule has 1 amide bonds. The predicted molar refractivity (Wildman–Crippen MR) is 97.0 cm³/mol. The number of nitrogens with two attached hydrogens (primary N) is 1. The highest BCUT2D eigenvalue weighted by Gasteiger charge is 2.14. The Bertz CT molecular complexity index is 806. The van der Waals surface area contributed by atoms with Crippen molar-refractivity contribution in [1.29, 1.82) is 0 Å². The van der Waals surface area contributed by atoms with Gasteiger partial charge < -0.3 is 11.1 Å². The fraction of sp³-hybridized carbons (Fsp3) is 0.267. The molecule has 6 nitrogen and oxygen atoms in total. The molecule has 0 atom stereocenters. The monoisotopic (exact) mass is 387 g/mol. The van der Waals surface area contributed by atoms with Gasteiger partial charge >= 0.3 is 0 Å². The Labute approximate surface area is 150 Å². The quantitative estimate of drug-likeness (QED) is 0.646. The lowest BCUT2D eigenvalue weighted by Gasteiger charge is -2.09. The fourth-order valence-electron chi connectivity index (χ4n) is 1.96. The molecule has 0 fully saturated rings. The molecule has 0 aliphatic heterocycles. The van der Waals surface area contributed by atoms with Gasteiger partial charge in [-0.15, -0.1) is 11.3 Å². The van der Waals surface area contributed by atoms with Gasteiger partial charge in [-0.3, -0.25) is 4.79 Å². The highest BCUT2D eigenvalue weighted by atomic mass is 35.5. The molecule has 2 rings (SSSR count). The lowest BCUT2D eigenvalue weighted by molar-refractivity contribution is -0.116. The summed E-state index contributed by atoms with van der Waals surface area (Å²) in [6.07, 6.45) is 0.874. The number of hydrogen-bond acceptors (Lipinski definition) is 5. The van der Waals surface area contributed by atoms with Crippen LogP contribution in [-0.4, -0.2) is 27.4 Å². The van der Waals surface area contributed by atoms with Crippen molar-refractivity contribution in [3.8, 4) is 0 Å². The molecule has 0 saturated carbocycles. The van der Waals surface area contributed by atoms with Crippen molar-refractivity contribution >= 4 is 44.6 Å². The van der Waals surface area contributed by atoms with E-state index in [0.29, 0.717) is 23.6 Å². The third-order valence-corrected chi connectivity index (χ3v) is 5.89. The summed E-state index contributed by atoms with van der Waals surface area (Å²) >= 11 is 7.34. The Kier molecular flexibility index (Phi) is 6.76. The highest BCUT2D eigenvalue weighted by molar-refractivity contribution is 7.89. The van der Waals surface area contributed by atoms with E-state index < -0.39 is 10.0 Å². The second-order valence-corrected chi connectivity index (χ2v) is 8.19. The molecular formula is C15H18ClN3O3S2. The third-order valence-electron chi connectivity index (χ3n) is 3.08. The van der Waals surface area contributed by atoms with E-state index in [0.717, 1.165) is 4.88 Å². The minimum absolute atomic E-state index is 0.0822. The zero-order chi connectivity index (χ0) is 17.6. The Morgan fingerprint density at radius 2 is 2.08 bits per heavy atom. The molecule has 0 aliphatic rings. The first-order valence-corrected chi connectivity index (χ1v) is 9.97. The number of amides is 1. The zero-order valence-corrected chi connectivity index (χ0v) is 15.2. The first-order valence-electron chi connectivity index (χ1n) is 7.23. The van der Waals surface area contributed by atoms with E-state index in [1.54, 1.807) is 12.1 Å². The average Bonchev–Trinajstić information content (AvgIpc) is 2.97. The summed E-state index contributed by atoms with van der Waals surface area (Å²) in [5, 5.41) is 5.19. The number of benzene rings is 1. The van der Waals surface area contributed by atoms with Crippen LogP contribution in [0.5, 0.6) is 0 Å². The summed E-state index contributed by atoms with van der Waals surface area (Å²) < 4.78 is 26.5. The van der Waals surface area contributed by atoms with Crippen molar-refractivity contribution in [3.05, 3.63) is 45.6 Å². The summed E-state index contributed by atoms with van der Waals surface area (Å²) in [5.74, 6) is -0.191. The zero-order valence-electron chi connectivity index (χ0n) is 12.8. The molecular weight excluding hydrogens is 370 g/mol. The summed E-state index contributed by atoms with van der Waals surface area (Å²) in [7, 11) is -3.63. The molecule has 0 unspecified atom stereocenters. The van der Waals surface area contributed by atoms with Gasteiger partial charge in [-0.2, -0.15) is 0 Å². The van der Waals surface area contributed by atoms with E-state index in [4.69, 9.17) is 17.3 Å². The number of carbonyl (C=O) groups excluding carboxylic acids is 1. The molecule has 0 bridgehead atoms. The third kappa shape index (κ3) is 5.57. The summed E-state index contributed by atoms with van der Waals surface area (Å²) in [6.45, 7) is 0.366. The number of hydrogen-bond donors (Lipinski definition) is 3. The van der Waals surface area contributed by atoms with Crippen LogP contribution in [0.3, 0.4) is 0 Å². The molecule has 0 saturated heterocycles. The maximum absolute atomic E-state index is 12.1. The molecule has 130 valence electrons. The molecule has 0 radical (unpaired) electrons. The lowest BCUT2D eigenvalue weighted by atomic mass is 10.2. The molecule has 0 spiro atoms. The van der Waals surface area contributed by atoms with E-state index in [1.165, 1.54) is 23.5 Å². The van der Waals surface area contributed by atoms with Crippen LogP contribution in [-0.2, 0) is 21.2 Å². The number of rotatable bonds is 8. The van der Waals surface area contributed by atoms with Gasteiger partial charge in [0.15, 0.2) is 0 Å². The summed E-state index contributed by atoms with van der Waals surface area (Å²) in [5.41, 5.74) is 5.73. The second kappa shape index (κ2) is 8.59. The van der Waals surface area contributed by atoms with Crippen LogP contribution in [0.4, 0.5) is 5.69 Å². The minimum Gasteiger partial charge on any atom is -0.329 e. The molecule has 24 heavy (non-hydrogen) atoms. The van der Waals surface area contributed by atoms with Crippen molar-refractivity contribution in [3.63, 3.8) is 0 Å². The van der Waals surface area contributed by atoms with Crippen molar-refractivity contribution in [1.82, 2.24) is 4.72 Å². The van der Waals surface area contributed by atoms with Gasteiger partial charge in [0, 0.05) is 35.5 Å². The van der Waals surface area contributed by atoms with Crippen LogP contribution in [0, 0.1) is 0 Å². The van der Waals surface area contributed by atoms with Crippen LogP contribution >= 0.6 is 22.9 Å². The highest BCUT2D eigenvalue weighted by Crippen LogP contribution is 2.21. The molecule has 9 heteroatoms. The Hall–Kier alpha value is -1.45. The van der Waals surface area contributed by atoms with Gasteiger partial charge in [0.25, 0.3) is 0 Å². The topological polar surface area (TPSA) is 101 Å². The number of carbonyl (C=O) groups is 1. The first kappa shape index (κ1) is 18.9. The summed E-state index contributed by atoms with van der Waals surface area (Å²) in [6, 6.07) is 7.92. The Morgan fingerprint density at radius 3 is 2.75 bits per heavy atom. The van der Waals surface area contributed by atoms with Crippen molar-refractivity contribution in [2.75, 3.05) is 18.4 Å². The fourth-order valence-corrected chi connectivity index (χ4v) is 4.13. The standard InChI is InChI=1S/C15H18ClN3O3S2/c16-11-8-13(23-10-11)4-5-15(20)19-12-2-1-3-14(9-12)24(21,22)18-7-6-17/h1-3,8-10,18H,4-7,17H2,(H,19,20). The van der Waals surface area contributed by atoms with E-state index in [1.807, 2.05) is 11.4 Å². The van der Waals surface area contributed by atoms with Crippen LogP contribution in [0.1, 0.15) is 11.3 Å². The number of nitrogens with one attached hydrogen (secondary N) is 2. The molecule has 1 aromatic carbocycles. The van der Waals surface area contributed by atoms with E-state index >= 15 is 0 Å². The van der Waals surface area contributed by atoms with Gasteiger partial charge in [-0.25, -0.2) is 13.1 Å². The Balaban J connectivity index is 1.97. The van der Waals surface area contributed by atoms with Crippen molar-refractivity contribution in [2.45, 2.75) is 17.7 Å². The van der Waals surface area contributed by atoms with E-state index in [9.17, 15) is 13.2 Å². The maximum Gasteiger partial charge on any atom is 0.240 e. The van der Waals surface area contributed by atoms with Gasteiger partial charge in [-0.05, 0) is 30.7 Å². The van der Waals surface area contributed by atoms with Gasteiger partial charge in [0.2, 0.25) is 15.9 Å². The Morgan fingerprint density at radius 1 is 1.29 bits per heavy atom. The van der Waals surface area contributed by atoms with Crippen molar-refractivity contribution < 1.29 is 13.2 Å². The largest absolute Gasteiger partial charge is 0.329 e. The molecule has 1 heterocycles. The van der Waals surface area contributed by atoms with E-state index in [2.05, 4.69) is 10.0 Å². The lowest BCUT2D eigenvalue weighted by Crippen LogP contribution is -2.29. The SMILES string of the molecule is NCCNS(=O)(=O)c1cccc(NC(=O)CCc2cc(Cl)cs2)c1. The number of sulfonamides is 1. The smallest absolute Gasteiger partial charge is 0.240 e.